The van der Waals surface area contributed by atoms with Crippen molar-refractivity contribution in [3.63, 3.8) is 0 Å². The standard InChI is InChI=1S/C15H24N2O2S/c1-2-3-4-15(19)16-13-5-7-17(10-14(13)18)9-12-6-8-20-11-12/h6,8,11,13-14,18H,2-5,7,9-10H2,1H3,(H,16,19). The highest BCUT2D eigenvalue weighted by Gasteiger charge is 2.28. The minimum Gasteiger partial charge on any atom is -0.390 e. The van der Waals surface area contributed by atoms with Crippen LogP contribution in [-0.4, -0.2) is 41.1 Å². The maximum absolute atomic E-state index is 11.7. The van der Waals surface area contributed by atoms with Crippen LogP contribution in [0, 0.1) is 0 Å². The Morgan fingerprint density at radius 1 is 1.60 bits per heavy atom. The Bertz CT molecular complexity index is 408. The number of amides is 1. The number of thiophene rings is 1. The number of carbonyl (C=O) groups is 1. The van der Waals surface area contributed by atoms with E-state index in [2.05, 4.69) is 34.0 Å². The predicted octanol–water partition coefficient (Wildman–Crippen LogP) is 1.99. The van der Waals surface area contributed by atoms with Gasteiger partial charge in [0.2, 0.25) is 5.91 Å². The summed E-state index contributed by atoms with van der Waals surface area (Å²) in [6.45, 7) is 4.52. The lowest BCUT2D eigenvalue weighted by molar-refractivity contribution is -0.123. The van der Waals surface area contributed by atoms with E-state index in [0.717, 1.165) is 32.4 Å². The second-order valence-corrected chi connectivity index (χ2v) is 6.28. The molecule has 20 heavy (non-hydrogen) atoms. The number of piperidine rings is 1. The van der Waals surface area contributed by atoms with Crippen molar-refractivity contribution in [1.29, 1.82) is 0 Å². The van der Waals surface area contributed by atoms with Gasteiger partial charge in [-0.2, -0.15) is 11.3 Å². The van der Waals surface area contributed by atoms with Gasteiger partial charge in [0.15, 0.2) is 0 Å². The van der Waals surface area contributed by atoms with E-state index in [1.807, 2.05) is 0 Å². The Morgan fingerprint density at radius 2 is 2.45 bits per heavy atom. The average Bonchev–Trinajstić information content (AvgIpc) is 2.92. The van der Waals surface area contributed by atoms with E-state index >= 15 is 0 Å². The smallest absolute Gasteiger partial charge is 0.220 e. The molecule has 2 rings (SSSR count). The van der Waals surface area contributed by atoms with Gasteiger partial charge in [-0.05, 0) is 35.2 Å². The van der Waals surface area contributed by atoms with Crippen molar-refractivity contribution in [1.82, 2.24) is 10.2 Å². The number of aliphatic hydroxyl groups is 1. The fourth-order valence-corrected chi connectivity index (χ4v) is 3.23. The topological polar surface area (TPSA) is 52.6 Å². The molecule has 5 heteroatoms. The van der Waals surface area contributed by atoms with Gasteiger partial charge in [-0.3, -0.25) is 9.69 Å². The Balaban J connectivity index is 1.75. The molecule has 1 aliphatic rings. The summed E-state index contributed by atoms with van der Waals surface area (Å²) in [7, 11) is 0. The number of likely N-dealkylation sites (tertiary alicyclic amines) is 1. The second kappa shape index (κ2) is 7.76. The molecule has 2 atom stereocenters. The Morgan fingerprint density at radius 3 is 3.10 bits per heavy atom. The molecule has 1 saturated heterocycles. The lowest BCUT2D eigenvalue weighted by Crippen LogP contribution is -2.53. The van der Waals surface area contributed by atoms with E-state index in [-0.39, 0.29) is 11.9 Å². The van der Waals surface area contributed by atoms with Gasteiger partial charge in [0.05, 0.1) is 12.1 Å². The maximum atomic E-state index is 11.7. The Labute approximate surface area is 124 Å². The van der Waals surface area contributed by atoms with Gasteiger partial charge in [-0.25, -0.2) is 0 Å². The van der Waals surface area contributed by atoms with Crippen LogP contribution in [-0.2, 0) is 11.3 Å². The SMILES string of the molecule is CCCCC(=O)NC1CCN(Cc2ccsc2)CC1O. The molecule has 0 saturated carbocycles. The van der Waals surface area contributed by atoms with Gasteiger partial charge in [-0.1, -0.05) is 13.3 Å². The fraction of sp³-hybridized carbons (Fsp3) is 0.667. The third kappa shape index (κ3) is 4.58. The molecular weight excluding hydrogens is 272 g/mol. The molecule has 1 amide bonds. The summed E-state index contributed by atoms with van der Waals surface area (Å²) in [6, 6.07) is 2.04. The van der Waals surface area contributed by atoms with Crippen molar-refractivity contribution >= 4 is 17.2 Å². The number of unbranched alkanes of at least 4 members (excludes halogenated alkanes) is 1. The summed E-state index contributed by atoms with van der Waals surface area (Å²) in [5.41, 5.74) is 1.30. The Kier molecular flexibility index (Phi) is 6.01. The minimum atomic E-state index is -0.465. The lowest BCUT2D eigenvalue weighted by Gasteiger charge is -2.36. The molecule has 0 bridgehead atoms. The number of hydrogen-bond donors (Lipinski definition) is 2. The van der Waals surface area contributed by atoms with E-state index in [0.29, 0.717) is 13.0 Å². The van der Waals surface area contributed by atoms with Crippen molar-refractivity contribution in [3.05, 3.63) is 22.4 Å². The van der Waals surface area contributed by atoms with Crippen LogP contribution in [0.25, 0.3) is 0 Å². The number of nitrogens with zero attached hydrogens (tertiary/aromatic N) is 1. The van der Waals surface area contributed by atoms with Crippen LogP contribution in [0.3, 0.4) is 0 Å². The van der Waals surface area contributed by atoms with Crippen LogP contribution in [0.2, 0.25) is 0 Å². The highest BCUT2D eigenvalue weighted by molar-refractivity contribution is 7.07. The molecule has 2 N–H and O–H groups in total. The largest absolute Gasteiger partial charge is 0.390 e. The van der Waals surface area contributed by atoms with Crippen molar-refractivity contribution in [2.75, 3.05) is 13.1 Å². The van der Waals surface area contributed by atoms with E-state index < -0.39 is 6.10 Å². The first-order valence-corrected chi connectivity index (χ1v) is 8.34. The number of rotatable bonds is 6. The zero-order valence-electron chi connectivity index (χ0n) is 12.0. The highest BCUT2D eigenvalue weighted by atomic mass is 32.1. The van der Waals surface area contributed by atoms with Crippen LogP contribution in [0.5, 0.6) is 0 Å². The number of hydrogen-bond acceptors (Lipinski definition) is 4. The summed E-state index contributed by atoms with van der Waals surface area (Å²) >= 11 is 1.70. The van der Waals surface area contributed by atoms with Crippen LogP contribution in [0.15, 0.2) is 16.8 Å². The van der Waals surface area contributed by atoms with E-state index in [1.54, 1.807) is 11.3 Å². The van der Waals surface area contributed by atoms with E-state index in [9.17, 15) is 9.90 Å². The van der Waals surface area contributed by atoms with Gasteiger partial charge in [0.25, 0.3) is 0 Å². The van der Waals surface area contributed by atoms with Gasteiger partial charge in [-0.15, -0.1) is 0 Å². The molecule has 1 fully saturated rings. The normalized spacial score (nSPS) is 23.7. The fourth-order valence-electron chi connectivity index (χ4n) is 2.57. The van der Waals surface area contributed by atoms with E-state index in [1.165, 1.54) is 5.56 Å². The number of nitrogens with one attached hydrogen (secondary N) is 1. The molecule has 0 radical (unpaired) electrons. The zero-order chi connectivity index (χ0) is 14.4. The quantitative estimate of drug-likeness (QED) is 0.844. The molecule has 112 valence electrons. The van der Waals surface area contributed by atoms with Gasteiger partial charge in [0, 0.05) is 26.1 Å². The zero-order valence-corrected chi connectivity index (χ0v) is 12.9. The van der Waals surface area contributed by atoms with Crippen LogP contribution >= 0.6 is 11.3 Å². The summed E-state index contributed by atoms with van der Waals surface area (Å²) in [5, 5.41) is 17.4. The van der Waals surface area contributed by atoms with Crippen molar-refractivity contribution in [2.45, 2.75) is 51.3 Å². The molecule has 0 spiro atoms. The number of aliphatic hydroxyl groups excluding tert-OH is 1. The summed E-state index contributed by atoms with van der Waals surface area (Å²) in [4.78, 5) is 14.0. The van der Waals surface area contributed by atoms with Crippen molar-refractivity contribution in [3.8, 4) is 0 Å². The first kappa shape index (κ1) is 15.5. The Hall–Kier alpha value is -0.910. The number of carbonyl (C=O) groups excluding carboxylic acids is 1. The molecule has 4 nitrogen and oxygen atoms in total. The molecule has 1 aromatic heterocycles. The molecule has 0 aliphatic carbocycles. The summed E-state index contributed by atoms with van der Waals surface area (Å²) in [5.74, 6) is 0.0715. The predicted molar refractivity (Wildman–Crippen MR) is 81.7 cm³/mol. The monoisotopic (exact) mass is 296 g/mol. The second-order valence-electron chi connectivity index (χ2n) is 5.50. The van der Waals surface area contributed by atoms with Crippen LogP contribution in [0.1, 0.15) is 38.2 Å². The lowest BCUT2D eigenvalue weighted by atomic mass is 10.0. The van der Waals surface area contributed by atoms with Gasteiger partial charge < -0.3 is 10.4 Å². The highest BCUT2D eigenvalue weighted by Crippen LogP contribution is 2.16. The number of β-amino-alcohol motifs (C(OH)–C–C–N with tert-alkyl or cyclic N) is 1. The van der Waals surface area contributed by atoms with Crippen molar-refractivity contribution < 1.29 is 9.90 Å². The molecule has 2 heterocycles. The first-order chi connectivity index (χ1) is 9.69. The molecule has 0 aromatic carbocycles. The van der Waals surface area contributed by atoms with Gasteiger partial charge in [0.1, 0.15) is 0 Å². The molecule has 1 aromatic rings. The van der Waals surface area contributed by atoms with Crippen LogP contribution < -0.4 is 5.32 Å². The third-order valence-electron chi connectivity index (χ3n) is 3.76. The van der Waals surface area contributed by atoms with Gasteiger partial charge >= 0.3 is 0 Å². The van der Waals surface area contributed by atoms with Crippen molar-refractivity contribution in [2.24, 2.45) is 0 Å². The van der Waals surface area contributed by atoms with E-state index in [4.69, 9.17) is 0 Å². The molecule has 2 unspecified atom stereocenters. The molecular formula is C15H24N2O2S. The van der Waals surface area contributed by atoms with Crippen LogP contribution in [0.4, 0.5) is 0 Å². The molecule has 1 aliphatic heterocycles. The summed E-state index contributed by atoms with van der Waals surface area (Å²) in [6.07, 6.45) is 2.86. The third-order valence-corrected chi connectivity index (χ3v) is 4.49. The minimum absolute atomic E-state index is 0.0715. The maximum Gasteiger partial charge on any atom is 0.220 e. The average molecular weight is 296 g/mol. The first-order valence-electron chi connectivity index (χ1n) is 7.40. The summed E-state index contributed by atoms with van der Waals surface area (Å²) < 4.78 is 0.